The monoisotopic (exact) mass is 293 g/mol. The zero-order chi connectivity index (χ0) is 14.1. The molecule has 0 radical (unpaired) electrons. The number of amides is 3. The number of hydrogen-bond acceptors (Lipinski definition) is 5. The Balaban J connectivity index is 1.49. The molecule has 1 aliphatic carbocycles. The van der Waals surface area contributed by atoms with Gasteiger partial charge in [-0.3, -0.25) is 19.3 Å². The van der Waals surface area contributed by atoms with Crippen molar-refractivity contribution in [1.29, 1.82) is 0 Å². The third-order valence-electron chi connectivity index (χ3n) is 3.48. The molecule has 1 saturated carbocycles. The van der Waals surface area contributed by atoms with Gasteiger partial charge in [-0.1, -0.05) is 0 Å². The van der Waals surface area contributed by atoms with Gasteiger partial charge in [-0.2, -0.15) is 0 Å². The smallest absolute Gasteiger partial charge is 0.229 e. The largest absolute Gasteiger partial charge is 0.302 e. The lowest BCUT2D eigenvalue weighted by Gasteiger charge is -2.12. The fourth-order valence-electron chi connectivity index (χ4n) is 2.18. The lowest BCUT2D eigenvalue weighted by Crippen LogP contribution is -2.32. The number of rotatable bonds is 5. The van der Waals surface area contributed by atoms with Crippen molar-refractivity contribution >= 4 is 34.2 Å². The van der Waals surface area contributed by atoms with Crippen molar-refractivity contribution < 1.29 is 14.4 Å². The molecule has 1 aromatic rings. The maximum atomic E-state index is 11.8. The number of imide groups is 1. The molecule has 3 rings (SSSR count). The van der Waals surface area contributed by atoms with Crippen molar-refractivity contribution in [3.8, 4) is 0 Å². The van der Waals surface area contributed by atoms with E-state index >= 15 is 0 Å². The van der Waals surface area contributed by atoms with Gasteiger partial charge < -0.3 is 5.32 Å². The van der Waals surface area contributed by atoms with Crippen molar-refractivity contribution in [3.63, 3.8) is 0 Å². The Morgan fingerprint density at radius 2 is 2.05 bits per heavy atom. The van der Waals surface area contributed by atoms with E-state index in [0.29, 0.717) is 11.0 Å². The molecule has 0 spiro atoms. The van der Waals surface area contributed by atoms with Gasteiger partial charge in [0, 0.05) is 37.1 Å². The highest BCUT2D eigenvalue weighted by atomic mass is 32.1. The summed E-state index contributed by atoms with van der Waals surface area (Å²) < 4.78 is 0. The zero-order valence-corrected chi connectivity index (χ0v) is 11.7. The first-order valence-electron chi connectivity index (χ1n) is 6.72. The standard InChI is InChI=1S/C13H15N3O3S/c17-10(5-6-16-11(18)3-4-12(16)19)15-13-14-9(7-20-13)8-1-2-8/h7-8H,1-6H2,(H,14,15,17). The van der Waals surface area contributed by atoms with E-state index in [1.54, 1.807) is 0 Å². The van der Waals surface area contributed by atoms with E-state index in [1.807, 2.05) is 5.38 Å². The highest BCUT2D eigenvalue weighted by Crippen LogP contribution is 2.40. The molecule has 0 aromatic carbocycles. The predicted molar refractivity (Wildman–Crippen MR) is 73.3 cm³/mol. The molecule has 1 N–H and O–H groups in total. The van der Waals surface area contributed by atoms with Gasteiger partial charge in [0.15, 0.2) is 5.13 Å². The van der Waals surface area contributed by atoms with E-state index in [4.69, 9.17) is 0 Å². The topological polar surface area (TPSA) is 79.4 Å². The van der Waals surface area contributed by atoms with Gasteiger partial charge >= 0.3 is 0 Å². The van der Waals surface area contributed by atoms with Crippen LogP contribution in [0.25, 0.3) is 0 Å². The van der Waals surface area contributed by atoms with Crippen LogP contribution in [0.15, 0.2) is 5.38 Å². The predicted octanol–water partition coefficient (Wildman–Crippen LogP) is 1.50. The average molecular weight is 293 g/mol. The van der Waals surface area contributed by atoms with Crippen molar-refractivity contribution in [2.45, 2.75) is 38.0 Å². The van der Waals surface area contributed by atoms with Gasteiger partial charge in [0.25, 0.3) is 0 Å². The first-order chi connectivity index (χ1) is 9.63. The Hall–Kier alpha value is -1.76. The first kappa shape index (κ1) is 13.2. The number of hydrogen-bond donors (Lipinski definition) is 1. The first-order valence-corrected chi connectivity index (χ1v) is 7.60. The molecule has 2 aliphatic rings. The lowest BCUT2D eigenvalue weighted by molar-refractivity contribution is -0.138. The maximum Gasteiger partial charge on any atom is 0.229 e. The molecule has 0 bridgehead atoms. The number of aromatic nitrogens is 1. The molecule has 0 unspecified atom stereocenters. The van der Waals surface area contributed by atoms with Crippen LogP contribution in [-0.2, 0) is 14.4 Å². The molecular formula is C13H15N3O3S. The highest BCUT2D eigenvalue weighted by Gasteiger charge is 2.29. The second-order valence-corrected chi connectivity index (χ2v) is 5.95. The SMILES string of the molecule is O=C(CCN1C(=O)CCC1=O)Nc1nc(C2CC2)cs1. The summed E-state index contributed by atoms with van der Waals surface area (Å²) in [6.45, 7) is 0.157. The molecule has 6 nitrogen and oxygen atoms in total. The summed E-state index contributed by atoms with van der Waals surface area (Å²) in [4.78, 5) is 40.1. The van der Waals surface area contributed by atoms with Gasteiger partial charge in [-0.15, -0.1) is 11.3 Å². The Bertz CT molecular complexity index is 549. The molecule has 3 amide bonds. The van der Waals surface area contributed by atoms with Gasteiger partial charge in [0.2, 0.25) is 17.7 Å². The van der Waals surface area contributed by atoms with Crippen molar-refractivity contribution in [3.05, 3.63) is 11.1 Å². The van der Waals surface area contributed by atoms with E-state index in [9.17, 15) is 14.4 Å². The van der Waals surface area contributed by atoms with Gasteiger partial charge in [0.1, 0.15) is 0 Å². The van der Waals surface area contributed by atoms with E-state index < -0.39 is 0 Å². The fraction of sp³-hybridized carbons (Fsp3) is 0.538. The number of anilines is 1. The van der Waals surface area contributed by atoms with Crippen LogP contribution in [0.3, 0.4) is 0 Å². The highest BCUT2D eigenvalue weighted by molar-refractivity contribution is 7.13. The molecule has 0 atom stereocenters. The summed E-state index contributed by atoms with van der Waals surface area (Å²) in [6.07, 6.45) is 3.00. The average Bonchev–Trinajstić information content (AvgIpc) is 3.09. The molecule has 20 heavy (non-hydrogen) atoms. The Morgan fingerprint density at radius 3 is 2.70 bits per heavy atom. The van der Waals surface area contributed by atoms with Crippen molar-refractivity contribution in [1.82, 2.24) is 9.88 Å². The Morgan fingerprint density at radius 1 is 1.35 bits per heavy atom. The van der Waals surface area contributed by atoms with Gasteiger partial charge in [-0.25, -0.2) is 4.98 Å². The lowest BCUT2D eigenvalue weighted by atomic mass is 10.3. The molecule has 1 aliphatic heterocycles. The quantitative estimate of drug-likeness (QED) is 0.834. The number of likely N-dealkylation sites (tertiary alicyclic amines) is 1. The normalized spacial score (nSPS) is 18.7. The maximum absolute atomic E-state index is 11.8. The molecule has 1 aromatic heterocycles. The summed E-state index contributed by atoms with van der Waals surface area (Å²) in [5, 5.41) is 5.28. The van der Waals surface area contributed by atoms with Crippen LogP contribution >= 0.6 is 11.3 Å². The Kier molecular flexibility index (Phi) is 3.52. The fourth-order valence-corrected chi connectivity index (χ4v) is 2.99. The van der Waals surface area contributed by atoms with E-state index in [0.717, 1.165) is 10.6 Å². The van der Waals surface area contributed by atoms with Crippen LogP contribution < -0.4 is 5.32 Å². The van der Waals surface area contributed by atoms with E-state index in [2.05, 4.69) is 10.3 Å². The van der Waals surface area contributed by atoms with Gasteiger partial charge in [0.05, 0.1) is 5.69 Å². The summed E-state index contributed by atoms with van der Waals surface area (Å²) >= 11 is 1.41. The van der Waals surface area contributed by atoms with Crippen LogP contribution in [0.5, 0.6) is 0 Å². The summed E-state index contributed by atoms with van der Waals surface area (Å²) in [5.74, 6) is -0.0212. The summed E-state index contributed by atoms with van der Waals surface area (Å²) in [7, 11) is 0. The van der Waals surface area contributed by atoms with Crippen molar-refractivity contribution in [2.24, 2.45) is 0 Å². The second kappa shape index (κ2) is 5.32. The molecule has 1 saturated heterocycles. The third kappa shape index (κ3) is 2.87. The number of nitrogens with one attached hydrogen (secondary N) is 1. The van der Waals surface area contributed by atoms with Crippen LogP contribution in [-0.4, -0.2) is 34.2 Å². The summed E-state index contributed by atoms with van der Waals surface area (Å²) in [5.41, 5.74) is 1.05. The van der Waals surface area contributed by atoms with Crippen LogP contribution in [0.2, 0.25) is 0 Å². The third-order valence-corrected chi connectivity index (χ3v) is 4.26. The van der Waals surface area contributed by atoms with Crippen LogP contribution in [0, 0.1) is 0 Å². The number of thiazole rings is 1. The number of nitrogens with zero attached hydrogens (tertiary/aromatic N) is 2. The minimum Gasteiger partial charge on any atom is -0.302 e. The minimum atomic E-state index is -0.214. The molecule has 106 valence electrons. The number of carbonyl (C=O) groups excluding carboxylic acids is 3. The summed E-state index contributed by atoms with van der Waals surface area (Å²) in [6, 6.07) is 0. The second-order valence-electron chi connectivity index (χ2n) is 5.09. The molecule has 7 heteroatoms. The molecular weight excluding hydrogens is 278 g/mol. The van der Waals surface area contributed by atoms with E-state index in [1.165, 1.54) is 24.2 Å². The molecule has 2 fully saturated rings. The zero-order valence-electron chi connectivity index (χ0n) is 10.9. The minimum absolute atomic E-state index is 0.121. The van der Waals surface area contributed by atoms with Gasteiger partial charge in [-0.05, 0) is 12.8 Å². The van der Waals surface area contributed by atoms with Crippen LogP contribution in [0.1, 0.15) is 43.7 Å². The molecule has 2 heterocycles. The van der Waals surface area contributed by atoms with E-state index in [-0.39, 0.29) is 43.5 Å². The van der Waals surface area contributed by atoms with Crippen LogP contribution in [0.4, 0.5) is 5.13 Å². The number of carbonyl (C=O) groups is 3. The Labute approximate surface area is 120 Å². The van der Waals surface area contributed by atoms with Crippen molar-refractivity contribution in [2.75, 3.05) is 11.9 Å².